The lowest BCUT2D eigenvalue weighted by molar-refractivity contribution is 0.201. The van der Waals surface area contributed by atoms with Gasteiger partial charge in [0.2, 0.25) is 0 Å². The van der Waals surface area contributed by atoms with Crippen LogP contribution in [0.5, 0.6) is 0 Å². The third-order valence-electron chi connectivity index (χ3n) is 2.79. The van der Waals surface area contributed by atoms with Crippen LogP contribution >= 0.6 is 12.4 Å². The van der Waals surface area contributed by atoms with Crippen molar-refractivity contribution in [2.24, 2.45) is 5.73 Å². The van der Waals surface area contributed by atoms with E-state index in [1.54, 1.807) is 0 Å². The van der Waals surface area contributed by atoms with Gasteiger partial charge in [-0.1, -0.05) is 30.3 Å². The van der Waals surface area contributed by atoms with Crippen LogP contribution in [0.3, 0.4) is 0 Å². The van der Waals surface area contributed by atoms with Gasteiger partial charge in [0, 0.05) is 19.1 Å². The molecular formula is C12H19ClN2. The van der Waals surface area contributed by atoms with Crippen LogP contribution in [0.25, 0.3) is 0 Å². The number of nitrogens with two attached hydrogens (primary N) is 1. The Morgan fingerprint density at radius 3 is 2.67 bits per heavy atom. The number of hydrogen-bond acceptors (Lipinski definition) is 2. The molecule has 1 saturated heterocycles. The Morgan fingerprint density at radius 2 is 2.00 bits per heavy atom. The zero-order valence-electron chi connectivity index (χ0n) is 8.93. The minimum Gasteiger partial charge on any atom is -0.327 e. The van der Waals surface area contributed by atoms with Crippen molar-refractivity contribution in [1.29, 1.82) is 0 Å². The van der Waals surface area contributed by atoms with Gasteiger partial charge in [-0.2, -0.15) is 0 Å². The van der Waals surface area contributed by atoms with Gasteiger partial charge in [0.25, 0.3) is 0 Å². The van der Waals surface area contributed by atoms with Crippen LogP contribution in [0.4, 0.5) is 0 Å². The molecule has 15 heavy (non-hydrogen) atoms. The van der Waals surface area contributed by atoms with Crippen LogP contribution in [0, 0.1) is 0 Å². The Hall–Kier alpha value is -0.570. The largest absolute Gasteiger partial charge is 0.327 e. The van der Waals surface area contributed by atoms with E-state index in [0.29, 0.717) is 6.04 Å². The molecule has 2 nitrogen and oxygen atoms in total. The summed E-state index contributed by atoms with van der Waals surface area (Å²) in [7, 11) is 0. The number of likely N-dealkylation sites (tertiary alicyclic amines) is 1. The second-order valence-corrected chi connectivity index (χ2v) is 4.12. The first-order chi connectivity index (χ1) is 6.84. The zero-order valence-corrected chi connectivity index (χ0v) is 9.75. The summed E-state index contributed by atoms with van der Waals surface area (Å²) in [5.74, 6) is 0. The lowest BCUT2D eigenvalue weighted by Gasteiger charge is -2.30. The maximum Gasteiger partial charge on any atom is 0.0234 e. The number of hydrogen-bond donors (Lipinski definition) is 1. The fraction of sp³-hybridized carbons (Fsp3) is 0.500. The maximum atomic E-state index is 5.94. The number of benzene rings is 1. The van der Waals surface area contributed by atoms with Crippen molar-refractivity contribution in [2.45, 2.75) is 25.4 Å². The molecule has 0 amide bonds. The van der Waals surface area contributed by atoms with E-state index in [2.05, 4.69) is 35.2 Å². The SMILES string of the molecule is Cl.N[C@H]1CCCN(Cc2ccccc2)C1. The summed E-state index contributed by atoms with van der Waals surface area (Å²) >= 11 is 0. The fourth-order valence-corrected chi connectivity index (χ4v) is 2.08. The average Bonchev–Trinajstić information content (AvgIpc) is 2.19. The van der Waals surface area contributed by atoms with E-state index in [1.165, 1.54) is 24.9 Å². The minimum absolute atomic E-state index is 0. The van der Waals surface area contributed by atoms with E-state index in [0.717, 1.165) is 13.1 Å². The molecule has 1 atom stereocenters. The van der Waals surface area contributed by atoms with Crippen LogP contribution in [-0.2, 0) is 6.54 Å². The second kappa shape index (κ2) is 6.11. The molecule has 1 aromatic rings. The summed E-state index contributed by atoms with van der Waals surface area (Å²) in [6, 6.07) is 11.0. The molecule has 1 aliphatic rings. The predicted octanol–water partition coefficient (Wildman–Crippen LogP) is 2.03. The number of rotatable bonds is 2. The summed E-state index contributed by atoms with van der Waals surface area (Å²) in [6.45, 7) is 3.30. The van der Waals surface area contributed by atoms with Gasteiger partial charge in [0.05, 0.1) is 0 Å². The molecule has 0 spiro atoms. The van der Waals surface area contributed by atoms with E-state index >= 15 is 0 Å². The standard InChI is InChI=1S/C12H18N2.ClH/c13-12-7-4-8-14(10-12)9-11-5-2-1-3-6-11;/h1-3,5-6,12H,4,7-10,13H2;1H/t12-;/m0./s1. The molecule has 0 saturated carbocycles. The quantitative estimate of drug-likeness (QED) is 0.836. The van der Waals surface area contributed by atoms with Crippen LogP contribution in [0.2, 0.25) is 0 Å². The molecule has 1 heterocycles. The van der Waals surface area contributed by atoms with Gasteiger partial charge in [0.1, 0.15) is 0 Å². The van der Waals surface area contributed by atoms with E-state index in [9.17, 15) is 0 Å². The Kier molecular flexibility index (Phi) is 5.09. The van der Waals surface area contributed by atoms with Gasteiger partial charge in [-0.3, -0.25) is 4.90 Å². The van der Waals surface area contributed by atoms with E-state index in [1.807, 2.05) is 0 Å². The van der Waals surface area contributed by atoms with Crippen LogP contribution in [-0.4, -0.2) is 24.0 Å². The molecule has 0 aromatic heterocycles. The highest BCUT2D eigenvalue weighted by Crippen LogP contribution is 2.11. The van der Waals surface area contributed by atoms with E-state index in [-0.39, 0.29) is 12.4 Å². The molecule has 1 aromatic carbocycles. The van der Waals surface area contributed by atoms with Crippen LogP contribution < -0.4 is 5.73 Å². The molecule has 2 N–H and O–H groups in total. The zero-order chi connectivity index (χ0) is 9.80. The normalized spacial score (nSPS) is 22.1. The summed E-state index contributed by atoms with van der Waals surface area (Å²) in [6.07, 6.45) is 2.43. The van der Waals surface area contributed by atoms with Crippen molar-refractivity contribution in [3.63, 3.8) is 0 Å². The monoisotopic (exact) mass is 226 g/mol. The third kappa shape index (κ3) is 3.82. The summed E-state index contributed by atoms with van der Waals surface area (Å²) < 4.78 is 0. The molecule has 0 bridgehead atoms. The van der Waals surface area contributed by atoms with E-state index < -0.39 is 0 Å². The second-order valence-electron chi connectivity index (χ2n) is 4.12. The molecule has 84 valence electrons. The maximum absolute atomic E-state index is 5.94. The van der Waals surface area contributed by atoms with Gasteiger partial charge < -0.3 is 5.73 Å². The average molecular weight is 227 g/mol. The first-order valence-electron chi connectivity index (χ1n) is 5.36. The molecule has 1 fully saturated rings. The highest BCUT2D eigenvalue weighted by atomic mass is 35.5. The number of halogens is 1. The number of piperidine rings is 1. The summed E-state index contributed by atoms with van der Waals surface area (Å²) in [5, 5.41) is 0. The highest BCUT2D eigenvalue weighted by molar-refractivity contribution is 5.85. The van der Waals surface area contributed by atoms with Gasteiger partial charge in [-0.05, 0) is 24.9 Å². The van der Waals surface area contributed by atoms with Gasteiger partial charge >= 0.3 is 0 Å². The van der Waals surface area contributed by atoms with Crippen molar-refractivity contribution >= 4 is 12.4 Å². The van der Waals surface area contributed by atoms with Crippen molar-refractivity contribution in [3.05, 3.63) is 35.9 Å². The van der Waals surface area contributed by atoms with Crippen LogP contribution in [0.1, 0.15) is 18.4 Å². The molecule has 0 unspecified atom stereocenters. The Bertz CT molecular complexity index is 276. The highest BCUT2D eigenvalue weighted by Gasteiger charge is 2.15. The lowest BCUT2D eigenvalue weighted by Crippen LogP contribution is -2.42. The molecule has 0 radical (unpaired) electrons. The van der Waals surface area contributed by atoms with Crippen LogP contribution in [0.15, 0.2) is 30.3 Å². The predicted molar refractivity (Wildman–Crippen MR) is 66.2 cm³/mol. The lowest BCUT2D eigenvalue weighted by atomic mass is 10.1. The smallest absolute Gasteiger partial charge is 0.0234 e. The minimum atomic E-state index is 0. The third-order valence-corrected chi connectivity index (χ3v) is 2.79. The molecular weight excluding hydrogens is 208 g/mol. The number of nitrogens with zero attached hydrogens (tertiary/aromatic N) is 1. The Labute approximate surface area is 97.9 Å². The molecule has 3 heteroatoms. The summed E-state index contributed by atoms with van der Waals surface area (Å²) in [5.41, 5.74) is 7.33. The van der Waals surface area contributed by atoms with Crippen molar-refractivity contribution in [3.8, 4) is 0 Å². The van der Waals surface area contributed by atoms with Gasteiger partial charge in [-0.15, -0.1) is 12.4 Å². The van der Waals surface area contributed by atoms with E-state index in [4.69, 9.17) is 5.73 Å². The Balaban J connectivity index is 0.00000112. The molecule has 2 rings (SSSR count). The van der Waals surface area contributed by atoms with Crippen molar-refractivity contribution < 1.29 is 0 Å². The molecule has 0 aliphatic carbocycles. The first kappa shape index (κ1) is 12.5. The molecule has 1 aliphatic heterocycles. The van der Waals surface area contributed by atoms with Gasteiger partial charge in [0.15, 0.2) is 0 Å². The van der Waals surface area contributed by atoms with Crippen molar-refractivity contribution in [2.75, 3.05) is 13.1 Å². The topological polar surface area (TPSA) is 29.3 Å². The Morgan fingerprint density at radius 1 is 1.27 bits per heavy atom. The van der Waals surface area contributed by atoms with Crippen molar-refractivity contribution in [1.82, 2.24) is 4.90 Å². The first-order valence-corrected chi connectivity index (χ1v) is 5.36. The van der Waals surface area contributed by atoms with Gasteiger partial charge in [-0.25, -0.2) is 0 Å². The fourth-order valence-electron chi connectivity index (χ4n) is 2.08. The summed E-state index contributed by atoms with van der Waals surface area (Å²) in [4.78, 5) is 2.45.